The third-order valence-electron chi connectivity index (χ3n) is 2.55. The zero-order chi connectivity index (χ0) is 12.1. The van der Waals surface area contributed by atoms with E-state index < -0.39 is 0 Å². The van der Waals surface area contributed by atoms with E-state index in [1.807, 2.05) is 6.92 Å². The predicted octanol–water partition coefficient (Wildman–Crippen LogP) is 0.941. The standard InChI is InChI=1S/C10H19N5O/c1-4-6(2)5-7(3)12-9(16)8-13-10(11)15-14-8/h6-7H,4-5H2,1-3H3,(H,12,16)(H3,11,13,14,15). The van der Waals surface area contributed by atoms with Crippen LogP contribution in [0.2, 0.25) is 0 Å². The van der Waals surface area contributed by atoms with Crippen LogP contribution in [0.25, 0.3) is 0 Å². The number of nitrogens with zero attached hydrogens (tertiary/aromatic N) is 2. The van der Waals surface area contributed by atoms with Crippen LogP contribution in [-0.4, -0.2) is 27.1 Å². The molecule has 2 atom stereocenters. The molecular formula is C10H19N5O. The number of aromatic nitrogens is 3. The molecule has 1 rings (SSSR count). The summed E-state index contributed by atoms with van der Waals surface area (Å²) in [5, 5.41) is 8.93. The number of carbonyl (C=O) groups is 1. The van der Waals surface area contributed by atoms with E-state index in [1.165, 1.54) is 0 Å². The number of rotatable bonds is 5. The number of hydrogen-bond acceptors (Lipinski definition) is 4. The summed E-state index contributed by atoms with van der Waals surface area (Å²) in [6.07, 6.45) is 2.06. The molecule has 2 unspecified atom stereocenters. The highest BCUT2D eigenvalue weighted by Crippen LogP contribution is 2.09. The van der Waals surface area contributed by atoms with Gasteiger partial charge in [-0.05, 0) is 19.3 Å². The van der Waals surface area contributed by atoms with Gasteiger partial charge in [0.1, 0.15) is 0 Å². The van der Waals surface area contributed by atoms with Crippen LogP contribution < -0.4 is 11.1 Å². The van der Waals surface area contributed by atoms with Crippen molar-refractivity contribution in [3.63, 3.8) is 0 Å². The van der Waals surface area contributed by atoms with Gasteiger partial charge in [0.15, 0.2) is 0 Å². The van der Waals surface area contributed by atoms with Gasteiger partial charge >= 0.3 is 0 Å². The number of anilines is 1. The van der Waals surface area contributed by atoms with Crippen LogP contribution in [-0.2, 0) is 0 Å². The maximum atomic E-state index is 11.6. The summed E-state index contributed by atoms with van der Waals surface area (Å²) in [5.74, 6) is 0.573. The second kappa shape index (κ2) is 5.48. The summed E-state index contributed by atoms with van der Waals surface area (Å²) in [6.45, 7) is 6.27. The van der Waals surface area contributed by atoms with E-state index in [2.05, 4.69) is 34.3 Å². The second-order valence-electron chi connectivity index (χ2n) is 4.17. The first-order chi connectivity index (χ1) is 7.52. The molecule has 0 fully saturated rings. The first-order valence-electron chi connectivity index (χ1n) is 5.51. The van der Waals surface area contributed by atoms with Gasteiger partial charge in [0.2, 0.25) is 11.8 Å². The lowest BCUT2D eigenvalue weighted by molar-refractivity contribution is 0.0925. The third-order valence-corrected chi connectivity index (χ3v) is 2.55. The zero-order valence-electron chi connectivity index (χ0n) is 9.95. The molecule has 4 N–H and O–H groups in total. The number of amides is 1. The molecule has 0 saturated carbocycles. The van der Waals surface area contributed by atoms with E-state index in [0.29, 0.717) is 5.92 Å². The van der Waals surface area contributed by atoms with Crippen LogP contribution in [0, 0.1) is 5.92 Å². The molecule has 0 bridgehead atoms. The van der Waals surface area contributed by atoms with E-state index >= 15 is 0 Å². The van der Waals surface area contributed by atoms with Gasteiger partial charge in [-0.15, -0.1) is 5.10 Å². The maximum absolute atomic E-state index is 11.6. The van der Waals surface area contributed by atoms with Crippen molar-refractivity contribution in [2.45, 2.75) is 39.7 Å². The SMILES string of the molecule is CCC(C)CC(C)NC(=O)c1nc(N)n[nH]1. The van der Waals surface area contributed by atoms with Crippen molar-refractivity contribution in [2.24, 2.45) is 5.92 Å². The largest absolute Gasteiger partial charge is 0.366 e. The molecule has 0 aromatic carbocycles. The highest BCUT2D eigenvalue weighted by atomic mass is 16.2. The molecule has 6 heteroatoms. The van der Waals surface area contributed by atoms with Crippen molar-refractivity contribution >= 4 is 11.9 Å². The number of hydrogen-bond donors (Lipinski definition) is 3. The molecule has 0 radical (unpaired) electrons. The minimum atomic E-state index is -0.264. The Kier molecular flexibility index (Phi) is 4.28. The smallest absolute Gasteiger partial charge is 0.288 e. The monoisotopic (exact) mass is 225 g/mol. The summed E-state index contributed by atoms with van der Waals surface area (Å²) >= 11 is 0. The van der Waals surface area contributed by atoms with Crippen molar-refractivity contribution in [3.05, 3.63) is 5.82 Å². The van der Waals surface area contributed by atoms with Crippen LogP contribution >= 0.6 is 0 Å². The lowest BCUT2D eigenvalue weighted by Crippen LogP contribution is -2.34. The molecule has 16 heavy (non-hydrogen) atoms. The topological polar surface area (TPSA) is 96.7 Å². The van der Waals surface area contributed by atoms with Gasteiger partial charge in [0.25, 0.3) is 5.91 Å². The van der Waals surface area contributed by atoms with Crippen molar-refractivity contribution in [2.75, 3.05) is 5.73 Å². The average Bonchev–Trinajstić information content (AvgIpc) is 2.64. The fraction of sp³-hybridized carbons (Fsp3) is 0.700. The van der Waals surface area contributed by atoms with E-state index in [9.17, 15) is 4.79 Å². The number of nitrogens with one attached hydrogen (secondary N) is 2. The average molecular weight is 225 g/mol. The van der Waals surface area contributed by atoms with E-state index in [-0.39, 0.29) is 23.7 Å². The molecule has 1 heterocycles. The summed E-state index contributed by atoms with van der Waals surface area (Å²) in [7, 11) is 0. The van der Waals surface area contributed by atoms with Crippen molar-refractivity contribution in [3.8, 4) is 0 Å². The Morgan fingerprint density at radius 3 is 2.75 bits per heavy atom. The number of nitrogens with two attached hydrogens (primary N) is 1. The predicted molar refractivity (Wildman–Crippen MR) is 61.8 cm³/mol. The first-order valence-corrected chi connectivity index (χ1v) is 5.51. The fourth-order valence-corrected chi connectivity index (χ4v) is 1.50. The Hall–Kier alpha value is -1.59. The summed E-state index contributed by atoms with van der Waals surface area (Å²) in [5.41, 5.74) is 5.32. The van der Waals surface area contributed by atoms with Crippen LogP contribution in [0.1, 0.15) is 44.2 Å². The van der Waals surface area contributed by atoms with E-state index in [0.717, 1.165) is 12.8 Å². The van der Waals surface area contributed by atoms with Crippen LogP contribution in [0.15, 0.2) is 0 Å². The molecule has 6 nitrogen and oxygen atoms in total. The fourth-order valence-electron chi connectivity index (χ4n) is 1.50. The Labute approximate surface area is 95.0 Å². The van der Waals surface area contributed by atoms with Crippen molar-refractivity contribution < 1.29 is 4.79 Å². The van der Waals surface area contributed by atoms with Crippen LogP contribution in [0.5, 0.6) is 0 Å². The molecule has 0 spiro atoms. The molecule has 1 amide bonds. The first kappa shape index (κ1) is 12.5. The molecule has 0 aliphatic carbocycles. The van der Waals surface area contributed by atoms with Crippen LogP contribution in [0.4, 0.5) is 5.95 Å². The van der Waals surface area contributed by atoms with Gasteiger partial charge in [-0.2, -0.15) is 4.98 Å². The molecule has 0 aliphatic rings. The van der Waals surface area contributed by atoms with Crippen molar-refractivity contribution in [1.82, 2.24) is 20.5 Å². The molecule has 0 aliphatic heterocycles. The number of carbonyl (C=O) groups excluding carboxylic acids is 1. The molecular weight excluding hydrogens is 206 g/mol. The Morgan fingerprint density at radius 2 is 2.25 bits per heavy atom. The Bertz CT molecular complexity index is 349. The van der Waals surface area contributed by atoms with Gasteiger partial charge in [0, 0.05) is 6.04 Å². The highest BCUT2D eigenvalue weighted by Gasteiger charge is 2.14. The maximum Gasteiger partial charge on any atom is 0.288 e. The summed E-state index contributed by atoms with van der Waals surface area (Å²) in [4.78, 5) is 15.4. The Morgan fingerprint density at radius 1 is 1.56 bits per heavy atom. The van der Waals surface area contributed by atoms with Gasteiger partial charge < -0.3 is 11.1 Å². The van der Waals surface area contributed by atoms with E-state index in [4.69, 9.17) is 5.73 Å². The van der Waals surface area contributed by atoms with E-state index in [1.54, 1.807) is 0 Å². The van der Waals surface area contributed by atoms with Crippen molar-refractivity contribution in [1.29, 1.82) is 0 Å². The number of H-pyrrole nitrogens is 1. The Balaban J connectivity index is 2.45. The number of nitrogen functional groups attached to an aromatic ring is 1. The molecule has 1 aromatic heterocycles. The minimum Gasteiger partial charge on any atom is -0.366 e. The van der Waals surface area contributed by atoms with Gasteiger partial charge in [-0.3, -0.25) is 9.89 Å². The number of aromatic amines is 1. The lowest BCUT2D eigenvalue weighted by atomic mass is 10.0. The second-order valence-corrected chi connectivity index (χ2v) is 4.17. The third kappa shape index (κ3) is 3.52. The summed E-state index contributed by atoms with van der Waals surface area (Å²) < 4.78 is 0. The lowest BCUT2D eigenvalue weighted by Gasteiger charge is -2.16. The zero-order valence-corrected chi connectivity index (χ0v) is 9.95. The quantitative estimate of drug-likeness (QED) is 0.694. The van der Waals surface area contributed by atoms with Crippen LogP contribution in [0.3, 0.4) is 0 Å². The highest BCUT2D eigenvalue weighted by molar-refractivity contribution is 5.90. The molecule has 1 aromatic rings. The van der Waals surface area contributed by atoms with Gasteiger partial charge in [-0.25, -0.2) is 0 Å². The molecule has 0 saturated heterocycles. The molecule has 90 valence electrons. The normalized spacial score (nSPS) is 14.4. The van der Waals surface area contributed by atoms with Gasteiger partial charge in [0.05, 0.1) is 0 Å². The summed E-state index contributed by atoms with van der Waals surface area (Å²) in [6, 6.07) is 0.119. The minimum absolute atomic E-state index is 0.0831. The van der Waals surface area contributed by atoms with Gasteiger partial charge in [-0.1, -0.05) is 20.3 Å².